The van der Waals surface area contributed by atoms with E-state index < -0.39 is 5.97 Å². The van der Waals surface area contributed by atoms with E-state index in [0.29, 0.717) is 29.3 Å². The third-order valence-electron chi connectivity index (χ3n) is 6.36. The van der Waals surface area contributed by atoms with Crippen LogP contribution in [0.4, 0.5) is 5.69 Å². The maximum absolute atomic E-state index is 13.6. The van der Waals surface area contributed by atoms with Gasteiger partial charge in [-0.2, -0.15) is 0 Å². The highest BCUT2D eigenvalue weighted by molar-refractivity contribution is 7.15. The first kappa shape index (κ1) is 23.8. The van der Waals surface area contributed by atoms with Crippen LogP contribution in [0, 0.1) is 29.1 Å². The van der Waals surface area contributed by atoms with Crippen molar-refractivity contribution in [3.63, 3.8) is 0 Å². The van der Waals surface area contributed by atoms with E-state index in [2.05, 4.69) is 11.8 Å². The maximum atomic E-state index is 13.6. The Morgan fingerprint density at radius 2 is 1.90 bits per heavy atom. The first-order valence-corrected chi connectivity index (χ1v) is 12.4. The minimum absolute atomic E-state index is 0.0194. The lowest BCUT2D eigenvalue weighted by Crippen LogP contribution is -2.52. The standard InChI is InChI=1S/C25H35NO4S/c1-25(2,3)14-13-19-16-21(22(31-19)24(29)30)26-20(17-8-5-4-6-9-17)12-11-18(23(26)28)10-7-15-27/h16-18,20,27H,4-12,15H2,1-3H3,(H,29,30). The zero-order chi connectivity index (χ0) is 22.6. The van der Waals surface area contributed by atoms with Crippen molar-refractivity contribution in [1.29, 1.82) is 0 Å². The third kappa shape index (κ3) is 5.90. The number of piperidine rings is 1. The molecule has 0 aromatic carbocycles. The molecule has 2 N–H and O–H groups in total. The highest BCUT2D eigenvalue weighted by Gasteiger charge is 2.41. The number of hydrogen-bond acceptors (Lipinski definition) is 4. The summed E-state index contributed by atoms with van der Waals surface area (Å²) in [7, 11) is 0. The van der Waals surface area contributed by atoms with Crippen LogP contribution in [0.15, 0.2) is 6.07 Å². The number of anilines is 1. The van der Waals surface area contributed by atoms with E-state index in [1.165, 1.54) is 19.3 Å². The Hall–Kier alpha value is -1.84. The topological polar surface area (TPSA) is 77.8 Å². The molecule has 170 valence electrons. The fraction of sp³-hybridized carbons (Fsp3) is 0.680. The smallest absolute Gasteiger partial charge is 0.348 e. The summed E-state index contributed by atoms with van der Waals surface area (Å²) in [5.41, 5.74) is 0.332. The average molecular weight is 446 g/mol. The molecule has 1 amide bonds. The number of aromatic carboxylic acids is 1. The Morgan fingerprint density at radius 1 is 1.19 bits per heavy atom. The van der Waals surface area contributed by atoms with Gasteiger partial charge in [0.25, 0.3) is 0 Å². The van der Waals surface area contributed by atoms with Gasteiger partial charge in [-0.15, -0.1) is 11.3 Å². The van der Waals surface area contributed by atoms with Crippen LogP contribution in [0.3, 0.4) is 0 Å². The number of carboxylic acids is 1. The van der Waals surface area contributed by atoms with E-state index in [1.807, 2.05) is 31.7 Å². The second-order valence-corrected chi connectivity index (χ2v) is 11.0. The molecule has 2 atom stereocenters. The normalized spacial score (nSPS) is 22.8. The fourth-order valence-electron chi connectivity index (χ4n) is 4.88. The van der Waals surface area contributed by atoms with Gasteiger partial charge in [0.05, 0.1) is 10.6 Å². The molecule has 1 aromatic rings. The summed E-state index contributed by atoms with van der Waals surface area (Å²) in [6.45, 7) is 6.13. The minimum Gasteiger partial charge on any atom is -0.477 e. The molecule has 2 aliphatic rings. The summed E-state index contributed by atoms with van der Waals surface area (Å²) in [5.74, 6) is 5.59. The number of carbonyl (C=O) groups is 2. The Bertz CT molecular complexity index is 851. The van der Waals surface area contributed by atoms with Crippen LogP contribution in [0.5, 0.6) is 0 Å². The number of carboxylic acid groups (broad SMARTS) is 1. The van der Waals surface area contributed by atoms with E-state index >= 15 is 0 Å². The molecule has 0 bridgehead atoms. The molecule has 6 heteroatoms. The molecule has 1 saturated heterocycles. The van der Waals surface area contributed by atoms with Crippen LogP contribution >= 0.6 is 11.3 Å². The molecule has 1 saturated carbocycles. The predicted octanol–water partition coefficient (Wildman–Crippen LogP) is 5.31. The fourth-order valence-corrected chi connectivity index (χ4v) is 5.72. The van der Waals surface area contributed by atoms with Gasteiger partial charge in [0.2, 0.25) is 5.91 Å². The van der Waals surface area contributed by atoms with Crippen LogP contribution in [-0.4, -0.2) is 34.7 Å². The summed E-state index contributed by atoms with van der Waals surface area (Å²) >= 11 is 1.16. The molecule has 1 aliphatic heterocycles. The molecule has 1 aliphatic carbocycles. The number of aliphatic hydroxyl groups excluding tert-OH is 1. The number of rotatable bonds is 6. The quantitative estimate of drug-likeness (QED) is 0.582. The van der Waals surface area contributed by atoms with Gasteiger partial charge in [-0.3, -0.25) is 4.79 Å². The van der Waals surface area contributed by atoms with Gasteiger partial charge in [-0.25, -0.2) is 4.79 Å². The molecular formula is C25H35NO4S. The summed E-state index contributed by atoms with van der Waals surface area (Å²) < 4.78 is 0. The van der Waals surface area contributed by atoms with Crippen LogP contribution in [0.25, 0.3) is 0 Å². The van der Waals surface area contributed by atoms with Gasteiger partial charge in [-0.1, -0.05) is 31.1 Å². The van der Waals surface area contributed by atoms with E-state index in [-0.39, 0.29) is 34.8 Å². The Labute approximate surface area is 189 Å². The van der Waals surface area contributed by atoms with E-state index in [0.717, 1.165) is 37.0 Å². The first-order chi connectivity index (χ1) is 14.7. The zero-order valence-electron chi connectivity index (χ0n) is 18.9. The van der Waals surface area contributed by atoms with Gasteiger partial charge in [0.15, 0.2) is 0 Å². The number of thiophene rings is 1. The van der Waals surface area contributed by atoms with Gasteiger partial charge in [0.1, 0.15) is 4.88 Å². The lowest BCUT2D eigenvalue weighted by molar-refractivity contribution is -0.125. The summed E-state index contributed by atoms with van der Waals surface area (Å²) in [6, 6.07) is 1.86. The second-order valence-electron chi connectivity index (χ2n) is 9.94. The summed E-state index contributed by atoms with van der Waals surface area (Å²) in [4.78, 5) is 28.4. The van der Waals surface area contributed by atoms with Crippen molar-refractivity contribution in [2.45, 2.75) is 84.6 Å². The van der Waals surface area contributed by atoms with Crippen LogP contribution in [0.2, 0.25) is 0 Å². The number of amides is 1. The van der Waals surface area contributed by atoms with Gasteiger partial charge >= 0.3 is 5.97 Å². The van der Waals surface area contributed by atoms with Gasteiger partial charge < -0.3 is 15.1 Å². The highest BCUT2D eigenvalue weighted by atomic mass is 32.1. The number of nitrogens with zero attached hydrogens (tertiary/aromatic N) is 1. The molecule has 31 heavy (non-hydrogen) atoms. The SMILES string of the molecule is CC(C)(C)C#Cc1cc(N2C(=O)C(CCCO)CCC2C2CCCCC2)c(C(=O)O)s1. The third-order valence-corrected chi connectivity index (χ3v) is 7.39. The Morgan fingerprint density at radius 3 is 2.52 bits per heavy atom. The van der Waals surface area contributed by atoms with Crippen LogP contribution < -0.4 is 4.90 Å². The van der Waals surface area contributed by atoms with Crippen LogP contribution in [-0.2, 0) is 4.79 Å². The van der Waals surface area contributed by atoms with Crippen molar-refractivity contribution in [2.24, 2.45) is 17.3 Å². The molecule has 2 unspecified atom stereocenters. The van der Waals surface area contributed by atoms with E-state index in [1.54, 1.807) is 0 Å². The largest absolute Gasteiger partial charge is 0.477 e. The maximum Gasteiger partial charge on any atom is 0.348 e. The second kappa shape index (κ2) is 10.2. The lowest BCUT2D eigenvalue weighted by atomic mass is 9.77. The Kier molecular flexibility index (Phi) is 7.82. The molecular weight excluding hydrogens is 410 g/mol. The summed E-state index contributed by atoms with van der Waals surface area (Å²) in [5, 5.41) is 19.2. The number of aliphatic hydroxyl groups is 1. The highest BCUT2D eigenvalue weighted by Crippen LogP contribution is 2.42. The molecule has 5 nitrogen and oxygen atoms in total. The van der Waals surface area contributed by atoms with E-state index in [4.69, 9.17) is 0 Å². The van der Waals surface area contributed by atoms with Crippen molar-refractivity contribution >= 4 is 28.9 Å². The average Bonchev–Trinajstić information content (AvgIpc) is 3.15. The molecule has 0 radical (unpaired) electrons. The monoisotopic (exact) mass is 445 g/mol. The predicted molar refractivity (Wildman–Crippen MR) is 125 cm³/mol. The number of hydrogen-bond donors (Lipinski definition) is 2. The van der Waals surface area contributed by atoms with Gasteiger partial charge in [0, 0.05) is 24.0 Å². The van der Waals surface area contributed by atoms with Crippen molar-refractivity contribution < 1.29 is 19.8 Å². The van der Waals surface area contributed by atoms with Crippen molar-refractivity contribution in [3.8, 4) is 11.8 Å². The zero-order valence-corrected chi connectivity index (χ0v) is 19.8. The molecule has 0 spiro atoms. The molecule has 2 heterocycles. The molecule has 1 aromatic heterocycles. The first-order valence-electron chi connectivity index (χ1n) is 11.6. The number of carbonyl (C=O) groups excluding carboxylic acids is 1. The van der Waals surface area contributed by atoms with Gasteiger partial charge in [-0.05, 0) is 71.3 Å². The van der Waals surface area contributed by atoms with Crippen molar-refractivity contribution in [1.82, 2.24) is 0 Å². The minimum atomic E-state index is -1.00. The molecule has 2 fully saturated rings. The van der Waals surface area contributed by atoms with Crippen molar-refractivity contribution in [3.05, 3.63) is 15.8 Å². The van der Waals surface area contributed by atoms with Crippen LogP contribution in [0.1, 0.15) is 93.1 Å². The summed E-state index contributed by atoms with van der Waals surface area (Å²) in [6.07, 6.45) is 8.73. The van der Waals surface area contributed by atoms with E-state index in [9.17, 15) is 19.8 Å². The lowest BCUT2D eigenvalue weighted by Gasteiger charge is -2.44. The Balaban J connectivity index is 2.01. The van der Waals surface area contributed by atoms with Crippen molar-refractivity contribution in [2.75, 3.05) is 11.5 Å². The molecule has 3 rings (SSSR count).